The SMILES string of the molecule is CCCCCCCC(=O)OC(CO)CO. The van der Waals surface area contributed by atoms with E-state index in [-0.39, 0.29) is 19.2 Å². The maximum Gasteiger partial charge on any atom is 0.306 e. The van der Waals surface area contributed by atoms with Crippen molar-refractivity contribution < 1.29 is 19.7 Å². The number of esters is 1. The molecule has 0 saturated heterocycles. The summed E-state index contributed by atoms with van der Waals surface area (Å²) in [4.78, 5) is 11.2. The Kier molecular flexibility index (Phi) is 9.52. The zero-order chi connectivity index (χ0) is 11.5. The predicted molar refractivity (Wildman–Crippen MR) is 57.4 cm³/mol. The van der Waals surface area contributed by atoms with Gasteiger partial charge in [0.25, 0.3) is 0 Å². The van der Waals surface area contributed by atoms with Crippen LogP contribution in [0.1, 0.15) is 45.4 Å². The first-order valence-corrected chi connectivity index (χ1v) is 5.65. The Bertz CT molecular complexity index is 155. The van der Waals surface area contributed by atoms with Gasteiger partial charge in [0.1, 0.15) is 6.10 Å². The highest BCUT2D eigenvalue weighted by atomic mass is 16.6. The first-order chi connectivity index (χ1) is 7.24. The molecule has 2 N–H and O–H groups in total. The van der Waals surface area contributed by atoms with Gasteiger partial charge in [0.15, 0.2) is 0 Å². The molecule has 0 aromatic rings. The van der Waals surface area contributed by atoms with Gasteiger partial charge in [-0.1, -0.05) is 32.6 Å². The molecule has 0 saturated carbocycles. The molecule has 0 unspecified atom stereocenters. The molecule has 0 aliphatic rings. The summed E-state index contributed by atoms with van der Waals surface area (Å²) in [5, 5.41) is 17.4. The van der Waals surface area contributed by atoms with E-state index in [9.17, 15) is 4.79 Å². The fourth-order valence-corrected chi connectivity index (χ4v) is 1.25. The van der Waals surface area contributed by atoms with Crippen molar-refractivity contribution in [1.29, 1.82) is 0 Å². The average molecular weight is 218 g/mol. The van der Waals surface area contributed by atoms with Gasteiger partial charge in [0, 0.05) is 6.42 Å². The van der Waals surface area contributed by atoms with E-state index in [0.29, 0.717) is 6.42 Å². The molecular weight excluding hydrogens is 196 g/mol. The third-order valence-electron chi connectivity index (χ3n) is 2.19. The number of hydrogen-bond acceptors (Lipinski definition) is 4. The number of aliphatic hydroxyl groups is 2. The largest absolute Gasteiger partial charge is 0.457 e. The molecule has 4 heteroatoms. The van der Waals surface area contributed by atoms with Gasteiger partial charge in [-0.3, -0.25) is 4.79 Å². The Balaban J connectivity index is 3.40. The van der Waals surface area contributed by atoms with Crippen molar-refractivity contribution in [1.82, 2.24) is 0 Å². The summed E-state index contributed by atoms with van der Waals surface area (Å²) in [7, 11) is 0. The number of unbranched alkanes of at least 4 members (excludes halogenated alkanes) is 4. The van der Waals surface area contributed by atoms with Crippen molar-refractivity contribution in [3.8, 4) is 0 Å². The first-order valence-electron chi connectivity index (χ1n) is 5.65. The maximum atomic E-state index is 11.2. The Labute approximate surface area is 91.3 Å². The van der Waals surface area contributed by atoms with E-state index in [2.05, 4.69) is 6.92 Å². The van der Waals surface area contributed by atoms with E-state index >= 15 is 0 Å². The third kappa shape index (κ3) is 8.39. The quantitative estimate of drug-likeness (QED) is 0.451. The van der Waals surface area contributed by atoms with Crippen LogP contribution in [0, 0.1) is 0 Å². The molecule has 15 heavy (non-hydrogen) atoms. The van der Waals surface area contributed by atoms with Crippen LogP contribution in [0.2, 0.25) is 0 Å². The van der Waals surface area contributed by atoms with Gasteiger partial charge < -0.3 is 14.9 Å². The van der Waals surface area contributed by atoms with Gasteiger partial charge >= 0.3 is 5.97 Å². The molecule has 0 bridgehead atoms. The molecule has 0 heterocycles. The molecule has 0 aromatic heterocycles. The number of carbonyl (C=O) groups excluding carboxylic acids is 1. The van der Waals surface area contributed by atoms with Gasteiger partial charge in [0.05, 0.1) is 13.2 Å². The van der Waals surface area contributed by atoms with Crippen molar-refractivity contribution in [2.24, 2.45) is 0 Å². The van der Waals surface area contributed by atoms with Crippen molar-refractivity contribution >= 4 is 5.97 Å². The summed E-state index contributed by atoms with van der Waals surface area (Å²) in [5.74, 6) is -0.334. The molecular formula is C11H22O4. The minimum Gasteiger partial charge on any atom is -0.457 e. The van der Waals surface area contributed by atoms with E-state index in [1.807, 2.05) is 0 Å². The average Bonchev–Trinajstić information content (AvgIpc) is 2.25. The summed E-state index contributed by atoms with van der Waals surface area (Å²) < 4.78 is 4.82. The fourth-order valence-electron chi connectivity index (χ4n) is 1.25. The second-order valence-electron chi connectivity index (χ2n) is 3.64. The molecule has 90 valence electrons. The monoisotopic (exact) mass is 218 g/mol. The highest BCUT2D eigenvalue weighted by molar-refractivity contribution is 5.69. The minimum atomic E-state index is -0.756. The molecule has 4 nitrogen and oxygen atoms in total. The van der Waals surface area contributed by atoms with Gasteiger partial charge in [-0.05, 0) is 6.42 Å². The molecule has 0 spiro atoms. The van der Waals surface area contributed by atoms with Crippen LogP contribution in [0.4, 0.5) is 0 Å². The fraction of sp³-hybridized carbons (Fsp3) is 0.909. The summed E-state index contributed by atoms with van der Waals surface area (Å²) in [6, 6.07) is 0. The van der Waals surface area contributed by atoms with E-state index < -0.39 is 6.10 Å². The Morgan fingerprint density at radius 2 is 1.73 bits per heavy atom. The summed E-state index contributed by atoms with van der Waals surface area (Å²) in [6.07, 6.45) is 5.00. The van der Waals surface area contributed by atoms with E-state index in [0.717, 1.165) is 19.3 Å². The first kappa shape index (κ1) is 14.4. The lowest BCUT2D eigenvalue weighted by molar-refractivity contribution is -0.153. The highest BCUT2D eigenvalue weighted by Crippen LogP contribution is 2.06. The Morgan fingerprint density at radius 3 is 2.27 bits per heavy atom. The molecule has 0 amide bonds. The van der Waals surface area contributed by atoms with E-state index in [1.165, 1.54) is 12.8 Å². The molecule has 0 aliphatic heterocycles. The molecule has 0 rings (SSSR count). The van der Waals surface area contributed by atoms with Crippen LogP contribution in [0.5, 0.6) is 0 Å². The van der Waals surface area contributed by atoms with Crippen LogP contribution in [0.3, 0.4) is 0 Å². The zero-order valence-electron chi connectivity index (χ0n) is 9.45. The van der Waals surface area contributed by atoms with Crippen LogP contribution in [-0.2, 0) is 9.53 Å². The summed E-state index contributed by atoms with van der Waals surface area (Å²) >= 11 is 0. The van der Waals surface area contributed by atoms with Crippen LogP contribution in [0.15, 0.2) is 0 Å². The topological polar surface area (TPSA) is 66.8 Å². The third-order valence-corrected chi connectivity index (χ3v) is 2.19. The molecule has 0 fully saturated rings. The standard InChI is InChI=1S/C11H22O4/c1-2-3-4-5-6-7-11(14)15-10(8-12)9-13/h10,12-13H,2-9H2,1H3. The number of ether oxygens (including phenoxy) is 1. The van der Waals surface area contributed by atoms with Crippen LogP contribution in [-0.4, -0.2) is 35.5 Å². The molecule has 0 radical (unpaired) electrons. The van der Waals surface area contributed by atoms with Crippen molar-refractivity contribution in [2.75, 3.05) is 13.2 Å². The lowest BCUT2D eigenvalue weighted by atomic mass is 10.1. The number of carbonyl (C=O) groups is 1. The van der Waals surface area contributed by atoms with E-state index in [4.69, 9.17) is 14.9 Å². The molecule has 0 aliphatic carbocycles. The zero-order valence-corrected chi connectivity index (χ0v) is 9.45. The summed E-state index contributed by atoms with van der Waals surface area (Å²) in [6.45, 7) is 1.50. The molecule has 0 atom stereocenters. The van der Waals surface area contributed by atoms with Crippen LogP contribution < -0.4 is 0 Å². The summed E-state index contributed by atoms with van der Waals surface area (Å²) in [5.41, 5.74) is 0. The number of rotatable bonds is 9. The second kappa shape index (κ2) is 9.93. The van der Waals surface area contributed by atoms with E-state index in [1.54, 1.807) is 0 Å². The van der Waals surface area contributed by atoms with Gasteiger partial charge in [-0.2, -0.15) is 0 Å². The smallest absolute Gasteiger partial charge is 0.306 e. The Hall–Kier alpha value is -0.610. The predicted octanol–water partition coefficient (Wildman–Crippen LogP) is 1.24. The van der Waals surface area contributed by atoms with Crippen molar-refractivity contribution in [3.63, 3.8) is 0 Å². The number of hydrogen-bond donors (Lipinski definition) is 2. The lowest BCUT2D eigenvalue weighted by Crippen LogP contribution is -2.25. The van der Waals surface area contributed by atoms with Gasteiger partial charge in [0.2, 0.25) is 0 Å². The van der Waals surface area contributed by atoms with Crippen molar-refractivity contribution in [2.45, 2.75) is 51.6 Å². The normalized spacial score (nSPS) is 10.7. The van der Waals surface area contributed by atoms with Crippen molar-refractivity contribution in [3.05, 3.63) is 0 Å². The van der Waals surface area contributed by atoms with Crippen LogP contribution >= 0.6 is 0 Å². The minimum absolute atomic E-state index is 0.321. The van der Waals surface area contributed by atoms with Gasteiger partial charge in [-0.15, -0.1) is 0 Å². The van der Waals surface area contributed by atoms with Gasteiger partial charge in [-0.25, -0.2) is 0 Å². The second-order valence-corrected chi connectivity index (χ2v) is 3.64. The highest BCUT2D eigenvalue weighted by Gasteiger charge is 2.11. The number of aliphatic hydroxyl groups excluding tert-OH is 2. The Morgan fingerprint density at radius 1 is 1.13 bits per heavy atom. The maximum absolute atomic E-state index is 11.2. The lowest BCUT2D eigenvalue weighted by Gasteiger charge is -2.12. The molecule has 0 aromatic carbocycles. The van der Waals surface area contributed by atoms with Crippen LogP contribution in [0.25, 0.3) is 0 Å².